The van der Waals surface area contributed by atoms with Gasteiger partial charge >= 0.3 is 0 Å². The van der Waals surface area contributed by atoms with Gasteiger partial charge in [0, 0.05) is 10.9 Å². The summed E-state index contributed by atoms with van der Waals surface area (Å²) in [6.07, 6.45) is 1.58. The monoisotopic (exact) mass is 303 g/mol. The summed E-state index contributed by atoms with van der Waals surface area (Å²) in [5, 5.41) is 6.51. The molecule has 100 valence electrons. The summed E-state index contributed by atoms with van der Waals surface area (Å²) in [6, 6.07) is 13.1. The van der Waals surface area contributed by atoms with Crippen molar-refractivity contribution in [2.45, 2.75) is 0 Å². The minimum absolute atomic E-state index is 0.216. The van der Waals surface area contributed by atoms with Crippen LogP contribution in [0.2, 0.25) is 0 Å². The second-order valence-electron chi connectivity index (χ2n) is 3.92. The Morgan fingerprint density at radius 1 is 1.15 bits per heavy atom. The van der Waals surface area contributed by atoms with E-state index >= 15 is 0 Å². The molecule has 3 nitrogen and oxygen atoms in total. The van der Waals surface area contributed by atoms with Crippen LogP contribution >= 0.6 is 22.7 Å². The number of hydrogen-bond acceptors (Lipinski definition) is 5. The number of halogens is 1. The largest absolute Gasteiger partial charge is 0.253 e. The van der Waals surface area contributed by atoms with E-state index in [9.17, 15) is 4.39 Å². The quantitative estimate of drug-likeness (QED) is 0.571. The summed E-state index contributed by atoms with van der Waals surface area (Å²) in [7, 11) is 0. The zero-order chi connectivity index (χ0) is 13.8. The van der Waals surface area contributed by atoms with Gasteiger partial charge in [-0.1, -0.05) is 30.3 Å². The molecule has 1 aromatic carbocycles. The molecule has 2 aromatic heterocycles. The van der Waals surface area contributed by atoms with Gasteiger partial charge < -0.3 is 0 Å². The van der Waals surface area contributed by atoms with E-state index in [-0.39, 0.29) is 5.13 Å². The van der Waals surface area contributed by atoms with Crippen LogP contribution in [-0.4, -0.2) is 11.2 Å². The van der Waals surface area contributed by atoms with Gasteiger partial charge in [-0.2, -0.15) is 9.49 Å². The van der Waals surface area contributed by atoms with E-state index in [1.54, 1.807) is 12.3 Å². The first kappa shape index (κ1) is 13.0. The number of hydrogen-bond donors (Lipinski definition) is 1. The Morgan fingerprint density at radius 3 is 2.75 bits per heavy atom. The highest BCUT2D eigenvalue weighted by atomic mass is 32.1. The molecule has 3 rings (SSSR count). The first-order valence-electron chi connectivity index (χ1n) is 5.86. The fourth-order valence-corrected chi connectivity index (χ4v) is 2.89. The fourth-order valence-electron chi connectivity index (χ4n) is 1.62. The molecule has 0 aliphatic rings. The maximum atomic E-state index is 12.8. The number of nitrogens with one attached hydrogen (secondary N) is 1. The normalized spacial score (nSPS) is 11.1. The lowest BCUT2D eigenvalue weighted by Gasteiger charge is -1.94. The van der Waals surface area contributed by atoms with Crippen molar-refractivity contribution >= 4 is 34.0 Å². The lowest BCUT2D eigenvalue weighted by molar-refractivity contribution is 0.657. The zero-order valence-electron chi connectivity index (χ0n) is 10.3. The van der Waals surface area contributed by atoms with E-state index in [2.05, 4.69) is 15.5 Å². The predicted octanol–water partition coefficient (Wildman–Crippen LogP) is 4.46. The molecule has 6 heteroatoms. The Bertz CT molecular complexity index is 719. The number of anilines is 1. The molecule has 1 N–H and O–H groups in total. The lowest BCUT2D eigenvalue weighted by Crippen LogP contribution is -1.88. The van der Waals surface area contributed by atoms with Gasteiger partial charge in [-0.05, 0) is 12.1 Å². The number of rotatable bonds is 4. The third-order valence-electron chi connectivity index (χ3n) is 2.52. The Morgan fingerprint density at radius 2 is 2.00 bits per heavy atom. The zero-order valence-corrected chi connectivity index (χ0v) is 11.9. The lowest BCUT2D eigenvalue weighted by atomic mass is 10.2. The molecule has 0 atom stereocenters. The van der Waals surface area contributed by atoms with Gasteiger partial charge in [-0.25, -0.2) is 4.98 Å². The minimum atomic E-state index is -0.216. The van der Waals surface area contributed by atoms with Gasteiger partial charge in [0.15, 0.2) is 5.13 Å². The van der Waals surface area contributed by atoms with Crippen molar-refractivity contribution < 1.29 is 4.39 Å². The maximum absolute atomic E-state index is 12.8. The van der Waals surface area contributed by atoms with Crippen LogP contribution in [-0.2, 0) is 0 Å². The van der Waals surface area contributed by atoms with Crippen LogP contribution in [0.25, 0.3) is 11.3 Å². The SMILES string of the molecule is Fc1ccc(/C=N\Nc2nc(-c3ccccc3)cs2)s1. The highest BCUT2D eigenvalue weighted by molar-refractivity contribution is 7.14. The van der Waals surface area contributed by atoms with E-state index < -0.39 is 0 Å². The average Bonchev–Trinajstić information content (AvgIpc) is 3.09. The van der Waals surface area contributed by atoms with E-state index in [0.717, 1.165) is 27.5 Å². The van der Waals surface area contributed by atoms with Gasteiger partial charge in [-0.3, -0.25) is 5.43 Å². The first-order chi connectivity index (χ1) is 9.81. The molecular formula is C14H10FN3S2. The van der Waals surface area contributed by atoms with Crippen molar-refractivity contribution in [1.29, 1.82) is 0 Å². The average molecular weight is 303 g/mol. The Kier molecular flexibility index (Phi) is 3.85. The topological polar surface area (TPSA) is 37.3 Å². The van der Waals surface area contributed by atoms with Gasteiger partial charge in [0.2, 0.25) is 5.13 Å². The summed E-state index contributed by atoms with van der Waals surface area (Å²) in [6.45, 7) is 0. The summed E-state index contributed by atoms with van der Waals surface area (Å²) in [5.74, 6) is 0. The van der Waals surface area contributed by atoms with E-state index in [1.807, 2.05) is 35.7 Å². The molecule has 0 saturated heterocycles. The number of benzene rings is 1. The van der Waals surface area contributed by atoms with Gasteiger partial charge in [0.25, 0.3) is 0 Å². The van der Waals surface area contributed by atoms with Gasteiger partial charge in [0.1, 0.15) is 0 Å². The van der Waals surface area contributed by atoms with E-state index in [0.29, 0.717) is 5.13 Å². The molecule has 0 aliphatic heterocycles. The number of thiazole rings is 1. The summed E-state index contributed by atoms with van der Waals surface area (Å²) in [5.41, 5.74) is 4.84. The molecule has 0 spiro atoms. The number of hydrazone groups is 1. The molecule has 0 aliphatic carbocycles. The first-order valence-corrected chi connectivity index (χ1v) is 7.56. The van der Waals surface area contributed by atoms with Crippen molar-refractivity contribution in [3.8, 4) is 11.3 Å². The van der Waals surface area contributed by atoms with Gasteiger partial charge in [0.05, 0.1) is 16.8 Å². The van der Waals surface area contributed by atoms with Crippen LogP contribution < -0.4 is 5.43 Å². The smallest absolute Gasteiger partial charge is 0.203 e. The molecule has 2 heterocycles. The maximum Gasteiger partial charge on any atom is 0.203 e. The summed E-state index contributed by atoms with van der Waals surface area (Å²) >= 11 is 2.53. The number of aromatic nitrogens is 1. The Labute approximate surface area is 123 Å². The van der Waals surface area contributed by atoms with Crippen molar-refractivity contribution in [3.05, 3.63) is 57.9 Å². The molecule has 0 radical (unpaired) electrons. The summed E-state index contributed by atoms with van der Waals surface area (Å²) < 4.78 is 12.8. The molecule has 3 aromatic rings. The summed E-state index contributed by atoms with van der Waals surface area (Å²) in [4.78, 5) is 5.20. The third-order valence-corrected chi connectivity index (χ3v) is 4.07. The Hall–Kier alpha value is -2.05. The van der Waals surface area contributed by atoms with E-state index in [4.69, 9.17) is 0 Å². The van der Waals surface area contributed by atoms with Crippen molar-refractivity contribution in [2.24, 2.45) is 5.10 Å². The second kappa shape index (κ2) is 5.94. The molecular weight excluding hydrogens is 293 g/mol. The van der Waals surface area contributed by atoms with Crippen LogP contribution in [0.1, 0.15) is 4.88 Å². The van der Waals surface area contributed by atoms with Crippen LogP contribution in [0.15, 0.2) is 52.9 Å². The van der Waals surface area contributed by atoms with Crippen molar-refractivity contribution in [2.75, 3.05) is 5.43 Å². The Balaban J connectivity index is 1.67. The van der Waals surface area contributed by atoms with Crippen LogP contribution in [0.5, 0.6) is 0 Å². The van der Waals surface area contributed by atoms with Crippen LogP contribution in [0, 0.1) is 5.13 Å². The minimum Gasteiger partial charge on any atom is -0.253 e. The number of thiophene rings is 1. The molecule has 0 bridgehead atoms. The second-order valence-corrected chi connectivity index (χ2v) is 5.84. The highest BCUT2D eigenvalue weighted by Gasteiger charge is 2.02. The molecule has 0 fully saturated rings. The fraction of sp³-hybridized carbons (Fsp3) is 0. The predicted molar refractivity (Wildman–Crippen MR) is 83.0 cm³/mol. The standard InChI is InChI=1S/C14H10FN3S2/c15-13-7-6-11(20-13)8-16-18-14-17-12(9-19-14)10-4-2-1-3-5-10/h1-9H,(H,17,18)/b16-8-. The third kappa shape index (κ3) is 3.09. The van der Waals surface area contributed by atoms with Gasteiger partial charge in [-0.15, -0.1) is 22.7 Å². The van der Waals surface area contributed by atoms with Crippen molar-refractivity contribution in [3.63, 3.8) is 0 Å². The van der Waals surface area contributed by atoms with Crippen molar-refractivity contribution in [1.82, 2.24) is 4.98 Å². The van der Waals surface area contributed by atoms with E-state index in [1.165, 1.54) is 17.4 Å². The molecule has 0 amide bonds. The number of nitrogens with zero attached hydrogens (tertiary/aromatic N) is 2. The highest BCUT2D eigenvalue weighted by Crippen LogP contribution is 2.24. The van der Waals surface area contributed by atoms with Crippen LogP contribution in [0.3, 0.4) is 0 Å². The molecule has 0 saturated carbocycles. The molecule has 20 heavy (non-hydrogen) atoms. The van der Waals surface area contributed by atoms with Crippen LogP contribution in [0.4, 0.5) is 9.52 Å². The molecule has 0 unspecified atom stereocenters.